The summed E-state index contributed by atoms with van der Waals surface area (Å²) < 4.78 is 74.9. The van der Waals surface area contributed by atoms with Crippen LogP contribution < -0.4 is 0 Å². The SMILES string of the molecule is COCCc1cnc(CCc2cc(F)c(C#Cc3ccc4c(F)c(F)c(F)cc4c3)c(F)c2)nc1. The number of hydrogen-bond acceptors (Lipinski definition) is 3. The van der Waals surface area contributed by atoms with Gasteiger partial charge in [0, 0.05) is 36.9 Å². The summed E-state index contributed by atoms with van der Waals surface area (Å²) in [7, 11) is 1.61. The van der Waals surface area contributed by atoms with Crippen molar-refractivity contribution in [1.82, 2.24) is 9.97 Å². The predicted molar refractivity (Wildman–Crippen MR) is 121 cm³/mol. The number of hydrogen-bond donors (Lipinski definition) is 0. The number of fused-ring (bicyclic) bond motifs is 1. The quantitative estimate of drug-likeness (QED) is 0.201. The summed E-state index contributed by atoms with van der Waals surface area (Å²) in [6, 6.07) is 7.16. The van der Waals surface area contributed by atoms with Gasteiger partial charge >= 0.3 is 0 Å². The highest BCUT2D eigenvalue weighted by atomic mass is 19.2. The molecule has 0 spiro atoms. The third-order valence-electron chi connectivity index (χ3n) is 5.40. The van der Waals surface area contributed by atoms with Crippen molar-refractivity contribution in [1.29, 1.82) is 0 Å². The molecule has 8 heteroatoms. The molecule has 1 heterocycles. The van der Waals surface area contributed by atoms with Crippen LogP contribution in [0.15, 0.2) is 48.8 Å². The largest absolute Gasteiger partial charge is 0.384 e. The Labute approximate surface area is 198 Å². The Morgan fingerprint density at radius 2 is 1.46 bits per heavy atom. The van der Waals surface area contributed by atoms with E-state index in [4.69, 9.17) is 4.74 Å². The van der Waals surface area contributed by atoms with Gasteiger partial charge in [0.2, 0.25) is 0 Å². The zero-order valence-corrected chi connectivity index (χ0v) is 18.6. The zero-order chi connectivity index (χ0) is 24.9. The van der Waals surface area contributed by atoms with Gasteiger partial charge in [-0.2, -0.15) is 0 Å². The first-order chi connectivity index (χ1) is 16.9. The first-order valence-corrected chi connectivity index (χ1v) is 10.7. The maximum Gasteiger partial charge on any atom is 0.195 e. The summed E-state index contributed by atoms with van der Waals surface area (Å²) >= 11 is 0. The predicted octanol–water partition coefficient (Wildman–Crippen LogP) is 5.70. The lowest BCUT2D eigenvalue weighted by atomic mass is 10.0. The van der Waals surface area contributed by atoms with E-state index in [-0.39, 0.29) is 16.3 Å². The standard InChI is InChI=1S/C27H19F5N2O/c1-35-9-8-18-14-33-25(34-15-18)7-4-17-11-22(28)21(23(29)12-17)6-3-16-2-5-20-19(10-16)13-24(30)27(32)26(20)31/h2,5,10-15H,4,7-9H2,1H3. The second kappa shape index (κ2) is 10.6. The monoisotopic (exact) mass is 482 g/mol. The molecule has 0 saturated carbocycles. The number of rotatable bonds is 6. The number of benzene rings is 3. The maximum atomic E-state index is 14.6. The average molecular weight is 482 g/mol. The highest BCUT2D eigenvalue weighted by molar-refractivity contribution is 5.84. The Kier molecular flexibility index (Phi) is 7.37. The molecule has 3 aromatic carbocycles. The van der Waals surface area contributed by atoms with Crippen LogP contribution in [-0.2, 0) is 24.0 Å². The van der Waals surface area contributed by atoms with Gasteiger partial charge in [0.25, 0.3) is 0 Å². The molecule has 0 atom stereocenters. The second-order valence-corrected chi connectivity index (χ2v) is 7.86. The third kappa shape index (κ3) is 5.64. The smallest absolute Gasteiger partial charge is 0.195 e. The molecule has 0 fully saturated rings. The van der Waals surface area contributed by atoms with Crippen LogP contribution in [-0.4, -0.2) is 23.7 Å². The molecule has 0 saturated heterocycles. The van der Waals surface area contributed by atoms with Crippen LogP contribution in [0.4, 0.5) is 22.0 Å². The van der Waals surface area contributed by atoms with E-state index in [0.29, 0.717) is 37.3 Å². The minimum atomic E-state index is -1.56. The molecule has 0 aliphatic carbocycles. The Hall–Kier alpha value is -3.83. The van der Waals surface area contributed by atoms with Crippen molar-refractivity contribution in [3.8, 4) is 11.8 Å². The van der Waals surface area contributed by atoms with E-state index >= 15 is 0 Å². The molecule has 0 amide bonds. The van der Waals surface area contributed by atoms with Crippen molar-refractivity contribution >= 4 is 10.8 Å². The van der Waals surface area contributed by atoms with Crippen molar-refractivity contribution in [2.24, 2.45) is 0 Å². The molecule has 3 nitrogen and oxygen atoms in total. The minimum absolute atomic E-state index is 0.0819. The van der Waals surface area contributed by atoms with E-state index in [9.17, 15) is 22.0 Å². The van der Waals surface area contributed by atoms with Gasteiger partial charge < -0.3 is 4.74 Å². The van der Waals surface area contributed by atoms with Crippen LogP contribution in [0.3, 0.4) is 0 Å². The molecule has 0 N–H and O–H groups in total. The Bertz CT molecular complexity index is 1420. The molecule has 0 aliphatic heterocycles. The van der Waals surface area contributed by atoms with Gasteiger partial charge in [0.1, 0.15) is 17.5 Å². The molecule has 4 rings (SSSR count). The van der Waals surface area contributed by atoms with E-state index in [0.717, 1.165) is 11.6 Å². The van der Waals surface area contributed by atoms with Gasteiger partial charge in [0.15, 0.2) is 17.5 Å². The van der Waals surface area contributed by atoms with Gasteiger partial charge in [-0.25, -0.2) is 31.9 Å². The van der Waals surface area contributed by atoms with E-state index in [2.05, 4.69) is 21.8 Å². The molecule has 0 radical (unpaired) electrons. The number of nitrogens with zero attached hydrogens (tertiary/aromatic N) is 2. The lowest BCUT2D eigenvalue weighted by Gasteiger charge is -2.05. The third-order valence-corrected chi connectivity index (χ3v) is 5.40. The summed E-state index contributed by atoms with van der Waals surface area (Å²) in [5.74, 6) is -0.290. The molecule has 0 unspecified atom stereocenters. The molecule has 0 aliphatic rings. The topological polar surface area (TPSA) is 35.0 Å². The van der Waals surface area contributed by atoms with Crippen molar-refractivity contribution < 1.29 is 26.7 Å². The molecule has 1 aromatic heterocycles. The Morgan fingerprint density at radius 3 is 2.14 bits per heavy atom. The van der Waals surface area contributed by atoms with Crippen LogP contribution in [0.25, 0.3) is 10.8 Å². The number of methoxy groups -OCH3 is 1. The highest BCUT2D eigenvalue weighted by Gasteiger charge is 2.14. The second-order valence-electron chi connectivity index (χ2n) is 7.86. The average Bonchev–Trinajstić information content (AvgIpc) is 2.85. The number of halogens is 5. The van der Waals surface area contributed by atoms with E-state index in [1.807, 2.05) is 0 Å². The van der Waals surface area contributed by atoms with Crippen LogP contribution in [0.2, 0.25) is 0 Å². The molecular formula is C27H19F5N2O. The summed E-state index contributed by atoms with van der Waals surface area (Å²) in [6.45, 7) is 0.564. The van der Waals surface area contributed by atoms with Gasteiger partial charge in [0.05, 0.1) is 12.2 Å². The van der Waals surface area contributed by atoms with Crippen molar-refractivity contribution in [2.45, 2.75) is 19.3 Å². The first kappa shape index (κ1) is 24.3. The van der Waals surface area contributed by atoms with Gasteiger partial charge in [-0.05, 0) is 59.7 Å². The van der Waals surface area contributed by atoms with Gasteiger partial charge in [-0.3, -0.25) is 0 Å². The summed E-state index contributed by atoms with van der Waals surface area (Å²) in [5.41, 5.74) is 1.20. The van der Waals surface area contributed by atoms with Crippen LogP contribution in [0, 0.1) is 40.9 Å². The molecular weight excluding hydrogens is 463 g/mol. The Morgan fingerprint density at radius 1 is 0.743 bits per heavy atom. The van der Waals surface area contributed by atoms with Crippen molar-refractivity contribution in [2.75, 3.05) is 13.7 Å². The van der Waals surface area contributed by atoms with E-state index in [1.165, 1.54) is 30.3 Å². The first-order valence-electron chi connectivity index (χ1n) is 10.7. The van der Waals surface area contributed by atoms with E-state index in [1.54, 1.807) is 19.5 Å². The van der Waals surface area contributed by atoms with Gasteiger partial charge in [-0.15, -0.1) is 0 Å². The maximum absolute atomic E-state index is 14.6. The van der Waals surface area contributed by atoms with Crippen LogP contribution in [0.1, 0.15) is 28.1 Å². The minimum Gasteiger partial charge on any atom is -0.384 e. The fraction of sp³-hybridized carbons (Fsp3) is 0.185. The van der Waals surface area contributed by atoms with Gasteiger partial charge in [-0.1, -0.05) is 17.9 Å². The Balaban J connectivity index is 1.49. The fourth-order valence-corrected chi connectivity index (χ4v) is 3.52. The van der Waals surface area contributed by atoms with Crippen molar-refractivity contribution in [3.05, 3.63) is 106 Å². The summed E-state index contributed by atoms with van der Waals surface area (Å²) in [5, 5.41) is -0.0387. The summed E-state index contributed by atoms with van der Waals surface area (Å²) in [4.78, 5) is 8.53. The zero-order valence-electron chi connectivity index (χ0n) is 18.6. The fourth-order valence-electron chi connectivity index (χ4n) is 3.52. The summed E-state index contributed by atoms with van der Waals surface area (Å²) in [6.07, 6.45) is 4.83. The molecule has 178 valence electrons. The van der Waals surface area contributed by atoms with E-state index < -0.39 is 34.6 Å². The number of aromatic nitrogens is 2. The van der Waals surface area contributed by atoms with Crippen molar-refractivity contribution in [3.63, 3.8) is 0 Å². The molecule has 35 heavy (non-hydrogen) atoms. The lowest BCUT2D eigenvalue weighted by Crippen LogP contribution is -2.02. The number of ether oxygens (including phenoxy) is 1. The lowest BCUT2D eigenvalue weighted by molar-refractivity contribution is 0.202. The highest BCUT2D eigenvalue weighted by Crippen LogP contribution is 2.24. The van der Waals surface area contributed by atoms with Crippen LogP contribution in [0.5, 0.6) is 0 Å². The van der Waals surface area contributed by atoms with Crippen LogP contribution >= 0.6 is 0 Å². The molecule has 0 bridgehead atoms. The normalized spacial score (nSPS) is 10.9. The molecule has 4 aromatic rings. The number of aryl methyl sites for hydroxylation is 2.